The minimum absolute atomic E-state index is 0.0846. The fourth-order valence-electron chi connectivity index (χ4n) is 2.67. The van der Waals surface area contributed by atoms with Crippen LogP contribution in [0.15, 0.2) is 6.33 Å². The molecule has 1 aromatic heterocycles. The van der Waals surface area contributed by atoms with Crippen molar-refractivity contribution >= 4 is 5.82 Å². The van der Waals surface area contributed by atoms with E-state index in [0.29, 0.717) is 19.4 Å². The Kier molecular flexibility index (Phi) is 5.08. The van der Waals surface area contributed by atoms with Gasteiger partial charge in [0, 0.05) is 52.1 Å². The maximum atomic E-state index is 9.20. The fourth-order valence-corrected chi connectivity index (χ4v) is 2.67. The number of nitrogens with zero attached hydrogens (tertiary/aromatic N) is 6. The molecule has 2 heterocycles. The van der Waals surface area contributed by atoms with Crippen LogP contribution in [0.3, 0.4) is 0 Å². The monoisotopic (exact) mass is 284 g/mol. The SMILES string of the molecule is CN(C)c1ncnc2c1CN(C[C@@H](C#N)CCC#N)CC2. The van der Waals surface area contributed by atoms with E-state index in [2.05, 4.69) is 27.0 Å². The summed E-state index contributed by atoms with van der Waals surface area (Å²) in [5, 5.41) is 17.9. The van der Waals surface area contributed by atoms with E-state index in [0.717, 1.165) is 36.6 Å². The zero-order valence-electron chi connectivity index (χ0n) is 12.6. The van der Waals surface area contributed by atoms with E-state index in [1.807, 2.05) is 19.0 Å². The van der Waals surface area contributed by atoms with Crippen LogP contribution in [0.5, 0.6) is 0 Å². The van der Waals surface area contributed by atoms with E-state index in [9.17, 15) is 5.26 Å². The zero-order valence-corrected chi connectivity index (χ0v) is 12.6. The number of hydrogen-bond acceptors (Lipinski definition) is 6. The van der Waals surface area contributed by atoms with Crippen LogP contribution in [-0.2, 0) is 13.0 Å². The second-order valence-electron chi connectivity index (χ2n) is 5.52. The number of anilines is 1. The molecule has 0 unspecified atom stereocenters. The minimum Gasteiger partial charge on any atom is -0.362 e. The summed E-state index contributed by atoms with van der Waals surface area (Å²) in [7, 11) is 3.96. The molecule has 2 rings (SSSR count). The molecule has 1 aliphatic rings. The van der Waals surface area contributed by atoms with Crippen molar-refractivity contribution in [2.24, 2.45) is 5.92 Å². The van der Waals surface area contributed by atoms with Crippen LogP contribution in [0.4, 0.5) is 5.82 Å². The van der Waals surface area contributed by atoms with E-state index in [4.69, 9.17) is 5.26 Å². The molecular formula is C15H20N6. The molecule has 0 N–H and O–H groups in total. The normalized spacial score (nSPS) is 15.6. The topological polar surface area (TPSA) is 79.8 Å². The van der Waals surface area contributed by atoms with Crippen molar-refractivity contribution in [3.8, 4) is 12.1 Å². The quantitative estimate of drug-likeness (QED) is 0.812. The molecule has 0 aliphatic carbocycles. The van der Waals surface area contributed by atoms with Crippen LogP contribution in [0, 0.1) is 28.6 Å². The zero-order chi connectivity index (χ0) is 15.2. The van der Waals surface area contributed by atoms with Gasteiger partial charge in [-0.2, -0.15) is 10.5 Å². The first-order valence-electron chi connectivity index (χ1n) is 7.14. The smallest absolute Gasteiger partial charge is 0.136 e. The number of hydrogen-bond donors (Lipinski definition) is 0. The second-order valence-corrected chi connectivity index (χ2v) is 5.52. The first-order chi connectivity index (χ1) is 10.2. The molecule has 6 heteroatoms. The van der Waals surface area contributed by atoms with Crippen LogP contribution in [0.2, 0.25) is 0 Å². The standard InChI is InChI=1S/C15H20N6/c1-20(2)15-13-10-21(7-5-14(13)18-11-19-15)9-12(8-17)4-3-6-16/h11-12H,3-5,7,9-10H2,1-2H3/t12-/m1/s1. The number of fused-ring (bicyclic) bond motifs is 1. The molecule has 0 radical (unpaired) electrons. The largest absolute Gasteiger partial charge is 0.362 e. The lowest BCUT2D eigenvalue weighted by molar-refractivity contribution is 0.226. The highest BCUT2D eigenvalue weighted by Gasteiger charge is 2.23. The molecule has 0 amide bonds. The van der Waals surface area contributed by atoms with E-state index in [1.165, 1.54) is 0 Å². The predicted molar refractivity (Wildman–Crippen MR) is 79.3 cm³/mol. The summed E-state index contributed by atoms with van der Waals surface area (Å²) in [4.78, 5) is 13.0. The molecule has 6 nitrogen and oxygen atoms in total. The molecule has 0 spiro atoms. The van der Waals surface area contributed by atoms with Crippen molar-refractivity contribution in [1.29, 1.82) is 10.5 Å². The predicted octanol–water partition coefficient (Wildman–Crippen LogP) is 1.34. The highest BCUT2D eigenvalue weighted by atomic mass is 15.2. The Morgan fingerprint density at radius 2 is 2.19 bits per heavy atom. The lowest BCUT2D eigenvalue weighted by atomic mass is 10.0. The summed E-state index contributed by atoms with van der Waals surface area (Å²) in [6.45, 7) is 2.38. The van der Waals surface area contributed by atoms with Crippen LogP contribution in [0.1, 0.15) is 24.1 Å². The summed E-state index contributed by atoms with van der Waals surface area (Å²) in [5.41, 5.74) is 2.27. The van der Waals surface area contributed by atoms with Gasteiger partial charge in [-0.3, -0.25) is 4.90 Å². The molecule has 0 saturated carbocycles. The summed E-state index contributed by atoms with van der Waals surface area (Å²) >= 11 is 0. The van der Waals surface area contributed by atoms with Crippen LogP contribution >= 0.6 is 0 Å². The lowest BCUT2D eigenvalue weighted by Crippen LogP contribution is -2.36. The van der Waals surface area contributed by atoms with Gasteiger partial charge in [0.2, 0.25) is 0 Å². The van der Waals surface area contributed by atoms with Crippen molar-refractivity contribution in [1.82, 2.24) is 14.9 Å². The Balaban J connectivity index is 2.08. The Hall–Kier alpha value is -2.18. The van der Waals surface area contributed by atoms with Crippen LogP contribution in [0.25, 0.3) is 0 Å². The fraction of sp³-hybridized carbons (Fsp3) is 0.600. The molecule has 1 aliphatic heterocycles. The first kappa shape index (κ1) is 15.2. The van der Waals surface area contributed by atoms with Gasteiger partial charge in [-0.05, 0) is 6.42 Å². The molecule has 0 fully saturated rings. The third-order valence-electron chi connectivity index (χ3n) is 3.75. The molecule has 1 atom stereocenters. The summed E-state index contributed by atoms with van der Waals surface area (Å²) in [6.07, 6.45) is 3.58. The van der Waals surface area contributed by atoms with Gasteiger partial charge in [0.1, 0.15) is 12.1 Å². The van der Waals surface area contributed by atoms with Gasteiger partial charge in [-0.25, -0.2) is 9.97 Å². The number of aromatic nitrogens is 2. The van der Waals surface area contributed by atoms with Gasteiger partial charge in [0.25, 0.3) is 0 Å². The third-order valence-corrected chi connectivity index (χ3v) is 3.75. The highest BCUT2D eigenvalue weighted by molar-refractivity contribution is 5.48. The Labute approximate surface area is 125 Å². The Morgan fingerprint density at radius 3 is 2.86 bits per heavy atom. The molecular weight excluding hydrogens is 264 g/mol. The maximum Gasteiger partial charge on any atom is 0.136 e. The van der Waals surface area contributed by atoms with Gasteiger partial charge in [0.15, 0.2) is 0 Å². The van der Waals surface area contributed by atoms with E-state index < -0.39 is 0 Å². The van der Waals surface area contributed by atoms with Crippen molar-refractivity contribution < 1.29 is 0 Å². The minimum atomic E-state index is -0.0846. The van der Waals surface area contributed by atoms with Gasteiger partial charge in [-0.15, -0.1) is 0 Å². The summed E-state index contributed by atoms with van der Waals surface area (Å²) in [5.74, 6) is 0.869. The van der Waals surface area contributed by atoms with Crippen LogP contribution in [-0.4, -0.2) is 42.1 Å². The second kappa shape index (κ2) is 7.01. The van der Waals surface area contributed by atoms with E-state index >= 15 is 0 Å². The molecule has 0 bridgehead atoms. The third kappa shape index (κ3) is 3.68. The van der Waals surface area contributed by atoms with E-state index in [-0.39, 0.29) is 5.92 Å². The highest BCUT2D eigenvalue weighted by Crippen LogP contribution is 2.25. The van der Waals surface area contributed by atoms with Crippen molar-refractivity contribution in [2.45, 2.75) is 25.8 Å². The average molecular weight is 284 g/mol. The molecule has 21 heavy (non-hydrogen) atoms. The first-order valence-corrected chi connectivity index (χ1v) is 7.14. The summed E-state index contributed by atoms with van der Waals surface area (Å²) < 4.78 is 0. The molecule has 110 valence electrons. The van der Waals surface area contributed by atoms with Gasteiger partial charge < -0.3 is 4.90 Å². The molecule has 1 aromatic rings. The number of rotatable bonds is 5. The number of nitriles is 2. The van der Waals surface area contributed by atoms with E-state index in [1.54, 1.807) is 6.33 Å². The van der Waals surface area contributed by atoms with Crippen molar-refractivity contribution in [3.63, 3.8) is 0 Å². The molecule has 0 saturated heterocycles. The van der Waals surface area contributed by atoms with Crippen LogP contribution < -0.4 is 4.90 Å². The molecule has 0 aromatic carbocycles. The lowest BCUT2D eigenvalue weighted by Gasteiger charge is -2.31. The Bertz CT molecular complexity index is 569. The average Bonchev–Trinajstić information content (AvgIpc) is 2.50. The van der Waals surface area contributed by atoms with Crippen molar-refractivity contribution in [3.05, 3.63) is 17.6 Å². The Morgan fingerprint density at radius 1 is 1.38 bits per heavy atom. The maximum absolute atomic E-state index is 9.20. The summed E-state index contributed by atoms with van der Waals surface area (Å²) in [6, 6.07) is 4.42. The van der Waals surface area contributed by atoms with Crippen molar-refractivity contribution in [2.75, 3.05) is 32.1 Å². The van der Waals surface area contributed by atoms with Gasteiger partial charge in [-0.1, -0.05) is 0 Å². The van der Waals surface area contributed by atoms with Gasteiger partial charge in [0.05, 0.1) is 23.8 Å². The van der Waals surface area contributed by atoms with Gasteiger partial charge >= 0.3 is 0 Å².